The predicted molar refractivity (Wildman–Crippen MR) is 69.3 cm³/mol. The van der Waals surface area contributed by atoms with Crippen molar-refractivity contribution in [2.75, 3.05) is 25.5 Å². The first-order chi connectivity index (χ1) is 9.29. The second kappa shape index (κ2) is 6.95. The second-order valence-corrected chi connectivity index (χ2v) is 4.61. The van der Waals surface area contributed by atoms with Gasteiger partial charge in [0, 0.05) is 12.6 Å². The van der Waals surface area contributed by atoms with Crippen molar-refractivity contribution in [3.8, 4) is 0 Å². The largest absolute Gasteiger partial charge is 0.481 e. The van der Waals surface area contributed by atoms with E-state index in [0.717, 1.165) is 12.1 Å². The summed E-state index contributed by atoms with van der Waals surface area (Å²) in [7, 11) is 1.58. The number of hydrogen-bond donors (Lipinski definition) is 2. The minimum Gasteiger partial charge on any atom is -0.481 e. The Morgan fingerprint density at radius 2 is 2.05 bits per heavy atom. The Morgan fingerprint density at radius 3 is 2.60 bits per heavy atom. The lowest BCUT2D eigenvalue weighted by Gasteiger charge is -2.18. The van der Waals surface area contributed by atoms with Gasteiger partial charge in [0.1, 0.15) is 11.6 Å². The number of likely N-dealkylation sites (N-methyl/N-ethyl adjacent to an activating group) is 1. The van der Waals surface area contributed by atoms with Crippen molar-refractivity contribution in [3.05, 3.63) is 29.8 Å². The van der Waals surface area contributed by atoms with Crippen molar-refractivity contribution in [3.63, 3.8) is 0 Å². The summed E-state index contributed by atoms with van der Waals surface area (Å²) in [6, 6.07) is 2.84. The van der Waals surface area contributed by atoms with Gasteiger partial charge >= 0.3 is 5.97 Å². The van der Waals surface area contributed by atoms with Crippen LogP contribution in [0.1, 0.15) is 6.92 Å². The minimum atomic E-state index is -0.957. The lowest BCUT2D eigenvalue weighted by atomic mass is 10.2. The van der Waals surface area contributed by atoms with E-state index < -0.39 is 29.4 Å². The Bertz CT molecular complexity index is 508. The molecule has 110 valence electrons. The molecule has 0 aliphatic rings. The quantitative estimate of drug-likeness (QED) is 0.832. The Hall–Kier alpha value is -2.02. The summed E-state index contributed by atoms with van der Waals surface area (Å²) in [6.45, 7) is 1.62. The first-order valence-corrected chi connectivity index (χ1v) is 5.96. The van der Waals surface area contributed by atoms with E-state index in [9.17, 15) is 18.4 Å². The third kappa shape index (κ3) is 4.93. The molecule has 1 atom stereocenters. The number of carboxylic acid groups (broad SMARTS) is 1. The molecule has 0 saturated carbocycles. The Balaban J connectivity index is 2.53. The molecule has 1 amide bonds. The molecule has 0 heterocycles. The molecule has 1 aromatic carbocycles. The highest BCUT2D eigenvalue weighted by Gasteiger charge is 2.16. The monoisotopic (exact) mass is 286 g/mol. The molecule has 0 bridgehead atoms. The fraction of sp³-hybridized carbons (Fsp3) is 0.385. The molecule has 0 aliphatic carbocycles. The molecule has 1 rings (SSSR count). The smallest absolute Gasteiger partial charge is 0.307 e. The molecule has 0 radical (unpaired) electrons. The maximum atomic E-state index is 13.3. The van der Waals surface area contributed by atoms with Crippen LogP contribution in [0.5, 0.6) is 0 Å². The van der Waals surface area contributed by atoms with Gasteiger partial charge in [0.25, 0.3) is 0 Å². The van der Waals surface area contributed by atoms with Crippen LogP contribution in [-0.4, -0.2) is 42.0 Å². The number of halogens is 2. The average molecular weight is 286 g/mol. The van der Waals surface area contributed by atoms with Crippen LogP contribution in [0.25, 0.3) is 0 Å². The SMILES string of the molecule is CC(CN(C)CC(=O)Nc1ccc(F)cc1F)C(=O)O. The highest BCUT2D eigenvalue weighted by atomic mass is 19.1. The lowest BCUT2D eigenvalue weighted by Crippen LogP contribution is -2.35. The van der Waals surface area contributed by atoms with E-state index in [1.54, 1.807) is 7.05 Å². The molecule has 0 aromatic heterocycles. The third-order valence-electron chi connectivity index (χ3n) is 2.63. The van der Waals surface area contributed by atoms with Crippen molar-refractivity contribution in [1.82, 2.24) is 4.90 Å². The molecular weight excluding hydrogens is 270 g/mol. The number of nitrogens with one attached hydrogen (secondary N) is 1. The fourth-order valence-corrected chi connectivity index (χ4v) is 1.64. The third-order valence-corrected chi connectivity index (χ3v) is 2.63. The summed E-state index contributed by atoms with van der Waals surface area (Å²) in [5, 5.41) is 11.1. The van der Waals surface area contributed by atoms with Crippen LogP contribution in [0.4, 0.5) is 14.5 Å². The molecule has 0 saturated heterocycles. The molecule has 2 N–H and O–H groups in total. The van der Waals surface area contributed by atoms with Gasteiger partial charge in [0.15, 0.2) is 0 Å². The lowest BCUT2D eigenvalue weighted by molar-refractivity contribution is -0.141. The van der Waals surface area contributed by atoms with E-state index in [1.807, 2.05) is 0 Å². The number of rotatable bonds is 6. The first-order valence-electron chi connectivity index (χ1n) is 5.96. The zero-order valence-corrected chi connectivity index (χ0v) is 11.2. The van der Waals surface area contributed by atoms with Crippen molar-refractivity contribution < 1.29 is 23.5 Å². The summed E-state index contributed by atoms with van der Waals surface area (Å²) in [5.41, 5.74) is -0.115. The van der Waals surface area contributed by atoms with Gasteiger partial charge in [-0.05, 0) is 19.2 Å². The van der Waals surface area contributed by atoms with Gasteiger partial charge in [0.05, 0.1) is 18.2 Å². The summed E-state index contributed by atoms with van der Waals surface area (Å²) < 4.78 is 26.0. The minimum absolute atomic E-state index is 0.0889. The normalized spacial score (nSPS) is 12.2. The Labute approximate surface area is 115 Å². The highest BCUT2D eigenvalue weighted by Crippen LogP contribution is 2.14. The molecule has 0 spiro atoms. The number of carboxylic acids is 1. The molecular formula is C13H16F2N2O3. The van der Waals surface area contributed by atoms with Crippen LogP contribution in [0.3, 0.4) is 0 Å². The maximum absolute atomic E-state index is 13.3. The van der Waals surface area contributed by atoms with Crippen LogP contribution in [0, 0.1) is 17.6 Å². The number of nitrogens with zero attached hydrogens (tertiary/aromatic N) is 1. The van der Waals surface area contributed by atoms with Gasteiger partial charge in [-0.25, -0.2) is 8.78 Å². The van der Waals surface area contributed by atoms with E-state index >= 15 is 0 Å². The van der Waals surface area contributed by atoms with Crippen molar-refractivity contribution in [1.29, 1.82) is 0 Å². The molecule has 1 unspecified atom stereocenters. The number of hydrogen-bond acceptors (Lipinski definition) is 3. The molecule has 7 heteroatoms. The molecule has 0 fully saturated rings. The van der Waals surface area contributed by atoms with E-state index in [2.05, 4.69) is 5.32 Å². The van der Waals surface area contributed by atoms with E-state index in [0.29, 0.717) is 6.07 Å². The van der Waals surface area contributed by atoms with Crippen LogP contribution in [-0.2, 0) is 9.59 Å². The van der Waals surface area contributed by atoms with Crippen molar-refractivity contribution in [2.24, 2.45) is 5.92 Å². The molecule has 5 nitrogen and oxygen atoms in total. The van der Waals surface area contributed by atoms with Crippen LogP contribution < -0.4 is 5.32 Å². The highest BCUT2D eigenvalue weighted by molar-refractivity contribution is 5.92. The molecule has 0 aliphatic heterocycles. The van der Waals surface area contributed by atoms with Crippen molar-refractivity contribution >= 4 is 17.6 Å². The fourth-order valence-electron chi connectivity index (χ4n) is 1.64. The molecule has 1 aromatic rings. The number of benzene rings is 1. The van der Waals surface area contributed by atoms with Gasteiger partial charge < -0.3 is 10.4 Å². The first kappa shape index (κ1) is 16.0. The average Bonchev–Trinajstić information content (AvgIpc) is 2.32. The summed E-state index contributed by atoms with van der Waals surface area (Å²) in [4.78, 5) is 23.8. The maximum Gasteiger partial charge on any atom is 0.307 e. The number of carbonyl (C=O) groups is 2. The summed E-state index contributed by atoms with van der Waals surface area (Å²) >= 11 is 0. The van der Waals surface area contributed by atoms with Gasteiger partial charge in [0.2, 0.25) is 5.91 Å². The summed E-state index contributed by atoms with van der Waals surface area (Å²) in [5.74, 6) is -3.67. The number of aliphatic carboxylic acids is 1. The molecule has 20 heavy (non-hydrogen) atoms. The van der Waals surface area contributed by atoms with Crippen LogP contribution >= 0.6 is 0 Å². The van der Waals surface area contributed by atoms with Crippen LogP contribution in [0.2, 0.25) is 0 Å². The number of anilines is 1. The van der Waals surface area contributed by atoms with Crippen LogP contribution in [0.15, 0.2) is 18.2 Å². The van der Waals surface area contributed by atoms with E-state index in [4.69, 9.17) is 5.11 Å². The Kier molecular flexibility index (Phi) is 5.57. The topological polar surface area (TPSA) is 69.6 Å². The zero-order chi connectivity index (χ0) is 15.3. The summed E-state index contributed by atoms with van der Waals surface area (Å²) in [6.07, 6.45) is 0. The van der Waals surface area contributed by atoms with Gasteiger partial charge in [-0.2, -0.15) is 0 Å². The standard InChI is InChI=1S/C13H16F2N2O3/c1-8(13(19)20)6-17(2)7-12(18)16-11-4-3-9(14)5-10(11)15/h3-5,8H,6-7H2,1-2H3,(H,16,18)(H,19,20). The number of carbonyl (C=O) groups excluding carboxylic acids is 1. The number of amides is 1. The zero-order valence-electron chi connectivity index (χ0n) is 11.2. The van der Waals surface area contributed by atoms with Crippen molar-refractivity contribution in [2.45, 2.75) is 6.92 Å². The van der Waals surface area contributed by atoms with Gasteiger partial charge in [-0.3, -0.25) is 14.5 Å². The van der Waals surface area contributed by atoms with Gasteiger partial charge in [-0.15, -0.1) is 0 Å². The Morgan fingerprint density at radius 1 is 1.40 bits per heavy atom. The van der Waals surface area contributed by atoms with E-state index in [1.165, 1.54) is 11.8 Å². The van der Waals surface area contributed by atoms with E-state index in [-0.39, 0.29) is 18.8 Å². The predicted octanol–water partition coefficient (Wildman–Crippen LogP) is 1.56. The second-order valence-electron chi connectivity index (χ2n) is 4.61. The van der Waals surface area contributed by atoms with Gasteiger partial charge in [-0.1, -0.05) is 6.92 Å².